The van der Waals surface area contributed by atoms with Gasteiger partial charge in [-0.1, -0.05) is 67.8 Å². The van der Waals surface area contributed by atoms with Crippen LogP contribution in [0.15, 0.2) is 57.7 Å². The van der Waals surface area contributed by atoms with Crippen LogP contribution >= 0.6 is 11.6 Å². The maximum absolute atomic E-state index is 12.6. The molecular weight excluding hydrogens is 364 g/mol. The number of unbranched alkanes of at least 4 members (excludes halogenated alkanes) is 2. The van der Waals surface area contributed by atoms with Crippen molar-refractivity contribution in [3.8, 4) is 5.75 Å². The molecule has 5 heteroatoms. The van der Waals surface area contributed by atoms with Crippen LogP contribution in [0.2, 0.25) is 5.02 Å². The average molecular weight is 385 g/mol. The number of rotatable bonds is 7. The number of hydrogen-bond donors (Lipinski definition) is 0. The van der Waals surface area contributed by atoms with Crippen molar-refractivity contribution in [2.45, 2.75) is 39.0 Å². The van der Waals surface area contributed by atoms with Gasteiger partial charge in [0.15, 0.2) is 5.75 Å². The first kappa shape index (κ1) is 19.2. The fraction of sp³-hybridized carbons (Fsp3) is 0.273. The Morgan fingerprint density at radius 1 is 1.07 bits per heavy atom. The van der Waals surface area contributed by atoms with Crippen LogP contribution in [0, 0.1) is 0 Å². The van der Waals surface area contributed by atoms with E-state index in [0.29, 0.717) is 34.4 Å². The molecule has 0 saturated carbocycles. The second-order valence-electron chi connectivity index (χ2n) is 6.40. The van der Waals surface area contributed by atoms with Crippen molar-refractivity contribution < 1.29 is 13.9 Å². The Labute approximate surface area is 162 Å². The quantitative estimate of drug-likeness (QED) is 0.305. The van der Waals surface area contributed by atoms with E-state index in [1.54, 1.807) is 18.2 Å². The summed E-state index contributed by atoms with van der Waals surface area (Å²) in [5.41, 5.74) is 0.996. The van der Waals surface area contributed by atoms with Gasteiger partial charge < -0.3 is 9.15 Å². The lowest BCUT2D eigenvalue weighted by molar-refractivity contribution is -0.134. The minimum atomic E-state index is -0.523. The van der Waals surface area contributed by atoms with E-state index >= 15 is 0 Å². The predicted molar refractivity (Wildman–Crippen MR) is 107 cm³/mol. The number of carbonyl (C=O) groups excluding carboxylic acids is 1. The van der Waals surface area contributed by atoms with Gasteiger partial charge in [-0.05, 0) is 24.1 Å². The maximum atomic E-state index is 12.6. The highest BCUT2D eigenvalue weighted by Gasteiger charge is 2.21. The van der Waals surface area contributed by atoms with Crippen molar-refractivity contribution >= 4 is 28.5 Å². The Morgan fingerprint density at radius 3 is 2.59 bits per heavy atom. The summed E-state index contributed by atoms with van der Waals surface area (Å²) in [5.74, 6) is -0.165. The van der Waals surface area contributed by atoms with E-state index in [4.69, 9.17) is 20.8 Å². The van der Waals surface area contributed by atoms with E-state index in [-0.39, 0.29) is 11.7 Å². The first-order valence-corrected chi connectivity index (χ1v) is 9.46. The molecule has 0 spiro atoms. The molecular formula is C22H21ClO4. The summed E-state index contributed by atoms with van der Waals surface area (Å²) in [6.45, 7) is 2.07. The third-order valence-electron chi connectivity index (χ3n) is 4.35. The minimum absolute atomic E-state index is 0.206. The molecule has 3 rings (SSSR count). The third-order valence-corrected chi connectivity index (χ3v) is 4.66. The SMILES string of the molecule is CCCCCC(=O)Oc1c(Cc2ccccc2)c(=O)oc2cccc(Cl)c12. The van der Waals surface area contributed by atoms with Gasteiger partial charge >= 0.3 is 11.6 Å². The summed E-state index contributed by atoms with van der Waals surface area (Å²) in [6, 6.07) is 14.5. The van der Waals surface area contributed by atoms with E-state index in [9.17, 15) is 9.59 Å². The van der Waals surface area contributed by atoms with Gasteiger partial charge in [-0.15, -0.1) is 0 Å². The summed E-state index contributed by atoms with van der Waals surface area (Å²) >= 11 is 6.35. The van der Waals surface area contributed by atoms with Gasteiger partial charge in [-0.3, -0.25) is 4.79 Å². The summed E-state index contributed by atoms with van der Waals surface area (Å²) in [6.07, 6.45) is 3.30. The van der Waals surface area contributed by atoms with Crippen molar-refractivity contribution in [2.24, 2.45) is 0 Å². The Hall–Kier alpha value is -2.59. The van der Waals surface area contributed by atoms with E-state index in [1.165, 1.54) is 0 Å². The van der Waals surface area contributed by atoms with Crippen LogP contribution in [0.5, 0.6) is 5.75 Å². The van der Waals surface area contributed by atoms with Crippen LogP contribution in [0.4, 0.5) is 0 Å². The lowest BCUT2D eigenvalue weighted by Crippen LogP contribution is -2.16. The Balaban J connectivity index is 2.07. The summed E-state index contributed by atoms with van der Waals surface area (Å²) in [7, 11) is 0. The topological polar surface area (TPSA) is 56.5 Å². The molecule has 4 nitrogen and oxygen atoms in total. The molecule has 0 aliphatic carbocycles. The van der Waals surface area contributed by atoms with Crippen LogP contribution in [0.25, 0.3) is 11.0 Å². The standard InChI is InChI=1S/C22H21ClO4/c1-2-3-5-13-19(24)27-21-16(14-15-9-6-4-7-10-15)22(25)26-18-12-8-11-17(23)20(18)21/h4,6-12H,2-3,5,13-14H2,1H3. The molecule has 0 atom stereocenters. The van der Waals surface area contributed by atoms with Crippen molar-refractivity contribution in [1.29, 1.82) is 0 Å². The lowest BCUT2D eigenvalue weighted by atomic mass is 10.0. The van der Waals surface area contributed by atoms with Crippen LogP contribution in [0.1, 0.15) is 43.7 Å². The first-order valence-electron chi connectivity index (χ1n) is 9.09. The van der Waals surface area contributed by atoms with Gasteiger partial charge in [0.25, 0.3) is 0 Å². The first-order chi connectivity index (χ1) is 13.1. The Morgan fingerprint density at radius 2 is 1.85 bits per heavy atom. The Bertz CT molecular complexity index is 992. The number of halogens is 1. The molecule has 0 saturated heterocycles. The second-order valence-corrected chi connectivity index (χ2v) is 6.81. The number of hydrogen-bond acceptors (Lipinski definition) is 4. The van der Waals surface area contributed by atoms with E-state index in [2.05, 4.69) is 6.92 Å². The summed E-state index contributed by atoms with van der Waals surface area (Å²) < 4.78 is 11.1. The summed E-state index contributed by atoms with van der Waals surface area (Å²) in [5, 5.41) is 0.829. The van der Waals surface area contributed by atoms with Crippen molar-refractivity contribution in [2.75, 3.05) is 0 Å². The van der Waals surface area contributed by atoms with E-state index in [0.717, 1.165) is 24.8 Å². The molecule has 0 unspecified atom stereocenters. The minimum Gasteiger partial charge on any atom is -0.425 e. The number of carbonyl (C=O) groups is 1. The number of fused-ring (bicyclic) bond motifs is 1. The molecule has 3 aromatic rings. The predicted octanol–water partition coefficient (Wildman–Crippen LogP) is 5.52. The molecule has 0 bridgehead atoms. The molecule has 0 aliphatic rings. The van der Waals surface area contributed by atoms with Crippen LogP contribution in [-0.2, 0) is 11.2 Å². The third kappa shape index (κ3) is 4.58. The molecule has 0 aliphatic heterocycles. The molecule has 0 radical (unpaired) electrons. The molecule has 2 aromatic carbocycles. The average Bonchev–Trinajstić information content (AvgIpc) is 2.65. The number of ether oxygens (including phenoxy) is 1. The van der Waals surface area contributed by atoms with Gasteiger partial charge in [0.2, 0.25) is 0 Å². The smallest absolute Gasteiger partial charge is 0.343 e. The Kier molecular flexibility index (Phi) is 6.30. The lowest BCUT2D eigenvalue weighted by Gasteiger charge is -2.13. The summed E-state index contributed by atoms with van der Waals surface area (Å²) in [4.78, 5) is 25.0. The zero-order valence-corrected chi connectivity index (χ0v) is 15.9. The fourth-order valence-corrected chi connectivity index (χ4v) is 3.22. The molecule has 27 heavy (non-hydrogen) atoms. The van der Waals surface area contributed by atoms with Gasteiger partial charge in [0.1, 0.15) is 5.58 Å². The van der Waals surface area contributed by atoms with Crippen molar-refractivity contribution in [3.63, 3.8) is 0 Å². The highest BCUT2D eigenvalue weighted by atomic mass is 35.5. The maximum Gasteiger partial charge on any atom is 0.343 e. The second kappa shape index (κ2) is 8.87. The molecule has 140 valence electrons. The number of esters is 1. The van der Waals surface area contributed by atoms with Crippen molar-refractivity contribution in [1.82, 2.24) is 0 Å². The highest BCUT2D eigenvalue weighted by molar-refractivity contribution is 6.35. The molecule has 0 amide bonds. The zero-order chi connectivity index (χ0) is 19.2. The largest absolute Gasteiger partial charge is 0.425 e. The van der Waals surface area contributed by atoms with Crippen LogP contribution < -0.4 is 10.4 Å². The molecule has 1 heterocycles. The monoisotopic (exact) mass is 384 g/mol. The fourth-order valence-electron chi connectivity index (χ4n) is 2.96. The van der Waals surface area contributed by atoms with Crippen LogP contribution in [0.3, 0.4) is 0 Å². The molecule has 0 N–H and O–H groups in total. The van der Waals surface area contributed by atoms with Crippen LogP contribution in [-0.4, -0.2) is 5.97 Å². The van der Waals surface area contributed by atoms with Gasteiger partial charge in [0, 0.05) is 12.8 Å². The normalized spacial score (nSPS) is 10.9. The van der Waals surface area contributed by atoms with E-state index in [1.807, 2.05) is 30.3 Å². The van der Waals surface area contributed by atoms with Gasteiger partial charge in [0.05, 0.1) is 16.0 Å². The van der Waals surface area contributed by atoms with Gasteiger partial charge in [-0.25, -0.2) is 4.79 Å². The molecule has 1 aromatic heterocycles. The van der Waals surface area contributed by atoms with Gasteiger partial charge in [-0.2, -0.15) is 0 Å². The van der Waals surface area contributed by atoms with E-state index < -0.39 is 5.63 Å². The van der Waals surface area contributed by atoms with Crippen molar-refractivity contribution in [3.05, 3.63) is 75.1 Å². The number of benzene rings is 2. The zero-order valence-electron chi connectivity index (χ0n) is 15.2. The highest BCUT2D eigenvalue weighted by Crippen LogP contribution is 2.34. The molecule has 0 fully saturated rings.